The molecular formula is C9H15N3O. The summed E-state index contributed by atoms with van der Waals surface area (Å²) in [6.45, 7) is 2.21. The van der Waals surface area contributed by atoms with Crippen LogP contribution in [0.15, 0.2) is 18.5 Å². The molecule has 4 heteroatoms. The second-order valence-corrected chi connectivity index (χ2v) is 3.19. The van der Waals surface area contributed by atoms with Crippen LogP contribution in [0.1, 0.15) is 12.5 Å². The van der Waals surface area contributed by atoms with E-state index in [4.69, 9.17) is 5.73 Å². The van der Waals surface area contributed by atoms with Crippen LogP contribution in [0.3, 0.4) is 0 Å². The van der Waals surface area contributed by atoms with Gasteiger partial charge in [0.2, 0.25) is 5.91 Å². The highest BCUT2D eigenvalue weighted by atomic mass is 16.2. The smallest absolute Gasteiger partial charge is 0.236 e. The molecular weight excluding hydrogens is 166 g/mol. The van der Waals surface area contributed by atoms with Crippen molar-refractivity contribution in [3.63, 3.8) is 0 Å². The summed E-state index contributed by atoms with van der Waals surface area (Å²) in [6.07, 6.45) is 3.90. The normalized spacial score (nSPS) is 12.5. The maximum Gasteiger partial charge on any atom is 0.236 e. The van der Waals surface area contributed by atoms with Gasteiger partial charge < -0.3 is 15.6 Å². The van der Waals surface area contributed by atoms with Crippen LogP contribution >= 0.6 is 0 Å². The first-order valence-corrected chi connectivity index (χ1v) is 4.23. The molecule has 1 amide bonds. The Kier molecular flexibility index (Phi) is 3.08. The summed E-state index contributed by atoms with van der Waals surface area (Å²) in [4.78, 5) is 11.1. The summed E-state index contributed by atoms with van der Waals surface area (Å²) in [6, 6.07) is 1.52. The maximum atomic E-state index is 11.1. The Morgan fingerprint density at radius 3 is 2.92 bits per heavy atom. The number of nitrogens with two attached hydrogens (primary N) is 1. The summed E-state index contributed by atoms with van der Waals surface area (Å²) < 4.78 is 1.94. The highest BCUT2D eigenvalue weighted by Gasteiger charge is 2.05. The van der Waals surface area contributed by atoms with Crippen molar-refractivity contribution in [3.05, 3.63) is 24.0 Å². The Morgan fingerprint density at radius 2 is 2.46 bits per heavy atom. The van der Waals surface area contributed by atoms with E-state index in [1.807, 2.05) is 30.1 Å². The Bertz CT molecular complexity index is 291. The molecule has 0 aliphatic carbocycles. The van der Waals surface area contributed by atoms with Gasteiger partial charge in [-0.15, -0.1) is 0 Å². The molecule has 0 saturated heterocycles. The van der Waals surface area contributed by atoms with E-state index < -0.39 is 6.04 Å². The number of rotatable bonds is 3. The van der Waals surface area contributed by atoms with Gasteiger partial charge in [-0.1, -0.05) is 0 Å². The number of nitrogens with zero attached hydrogens (tertiary/aromatic N) is 1. The van der Waals surface area contributed by atoms with Crippen molar-refractivity contribution < 1.29 is 4.79 Å². The molecule has 0 radical (unpaired) electrons. The van der Waals surface area contributed by atoms with Gasteiger partial charge in [0.15, 0.2) is 0 Å². The van der Waals surface area contributed by atoms with E-state index >= 15 is 0 Å². The van der Waals surface area contributed by atoms with Crippen LogP contribution in [0.2, 0.25) is 0 Å². The molecule has 1 heterocycles. The van der Waals surface area contributed by atoms with Gasteiger partial charge in [0.1, 0.15) is 0 Å². The fourth-order valence-electron chi connectivity index (χ4n) is 1.02. The van der Waals surface area contributed by atoms with Gasteiger partial charge in [-0.2, -0.15) is 0 Å². The number of nitrogens with one attached hydrogen (secondary N) is 1. The zero-order chi connectivity index (χ0) is 9.84. The molecule has 0 bridgehead atoms. The van der Waals surface area contributed by atoms with Crippen molar-refractivity contribution in [2.45, 2.75) is 19.5 Å². The predicted octanol–water partition coefficient (Wildman–Crippen LogP) is -0.0115. The highest BCUT2D eigenvalue weighted by molar-refractivity contribution is 5.80. The molecule has 0 saturated carbocycles. The summed E-state index contributed by atoms with van der Waals surface area (Å²) in [5, 5.41) is 2.73. The zero-order valence-corrected chi connectivity index (χ0v) is 7.95. The first-order chi connectivity index (χ1) is 6.09. The molecule has 0 aromatic carbocycles. The van der Waals surface area contributed by atoms with Gasteiger partial charge in [-0.25, -0.2) is 0 Å². The van der Waals surface area contributed by atoms with Crippen LogP contribution < -0.4 is 11.1 Å². The SMILES string of the molecule is C[C@H](N)C(=O)NCc1ccn(C)c1. The molecule has 1 aromatic rings. The van der Waals surface area contributed by atoms with Crippen molar-refractivity contribution in [1.82, 2.24) is 9.88 Å². The third kappa shape index (κ3) is 2.91. The van der Waals surface area contributed by atoms with Crippen molar-refractivity contribution in [1.29, 1.82) is 0 Å². The van der Waals surface area contributed by atoms with Gasteiger partial charge in [0.05, 0.1) is 6.04 Å². The summed E-state index contributed by atoms with van der Waals surface area (Å²) in [7, 11) is 1.94. The number of carbonyl (C=O) groups is 1. The van der Waals surface area contributed by atoms with Gasteiger partial charge in [-0.3, -0.25) is 4.79 Å². The zero-order valence-electron chi connectivity index (χ0n) is 7.95. The predicted molar refractivity (Wildman–Crippen MR) is 50.9 cm³/mol. The van der Waals surface area contributed by atoms with E-state index in [0.29, 0.717) is 6.54 Å². The fraction of sp³-hybridized carbons (Fsp3) is 0.444. The van der Waals surface area contributed by atoms with Crippen LogP contribution in [-0.2, 0) is 18.4 Å². The first-order valence-electron chi connectivity index (χ1n) is 4.23. The average Bonchev–Trinajstić information content (AvgIpc) is 2.47. The fourth-order valence-corrected chi connectivity index (χ4v) is 1.02. The van der Waals surface area contributed by atoms with Crippen molar-refractivity contribution in [3.8, 4) is 0 Å². The minimum atomic E-state index is -0.441. The Morgan fingerprint density at radius 1 is 1.77 bits per heavy atom. The number of carbonyl (C=O) groups excluding carboxylic acids is 1. The van der Waals surface area contributed by atoms with E-state index in [1.54, 1.807) is 6.92 Å². The summed E-state index contributed by atoms with van der Waals surface area (Å²) in [5.41, 5.74) is 6.47. The molecule has 0 aliphatic rings. The third-order valence-electron chi connectivity index (χ3n) is 1.77. The van der Waals surface area contributed by atoms with E-state index in [9.17, 15) is 4.79 Å². The molecule has 0 aliphatic heterocycles. The van der Waals surface area contributed by atoms with Crippen LogP contribution in [0.25, 0.3) is 0 Å². The molecule has 1 aromatic heterocycles. The monoisotopic (exact) mass is 181 g/mol. The van der Waals surface area contributed by atoms with Gasteiger partial charge in [-0.05, 0) is 18.6 Å². The van der Waals surface area contributed by atoms with Crippen molar-refractivity contribution >= 4 is 5.91 Å². The Balaban J connectivity index is 2.39. The van der Waals surface area contributed by atoms with Crippen LogP contribution in [0.4, 0.5) is 0 Å². The topological polar surface area (TPSA) is 60.1 Å². The third-order valence-corrected chi connectivity index (χ3v) is 1.77. The Hall–Kier alpha value is -1.29. The average molecular weight is 181 g/mol. The van der Waals surface area contributed by atoms with E-state index in [1.165, 1.54) is 0 Å². The van der Waals surface area contributed by atoms with E-state index in [0.717, 1.165) is 5.56 Å². The van der Waals surface area contributed by atoms with Gasteiger partial charge >= 0.3 is 0 Å². The summed E-state index contributed by atoms with van der Waals surface area (Å²) in [5.74, 6) is -0.121. The lowest BCUT2D eigenvalue weighted by atomic mass is 10.3. The number of amides is 1. The second-order valence-electron chi connectivity index (χ2n) is 3.19. The van der Waals surface area contributed by atoms with Crippen molar-refractivity contribution in [2.75, 3.05) is 0 Å². The number of aromatic nitrogens is 1. The lowest BCUT2D eigenvalue weighted by Crippen LogP contribution is -2.37. The molecule has 72 valence electrons. The maximum absolute atomic E-state index is 11.1. The molecule has 1 rings (SSSR count). The number of hydrogen-bond donors (Lipinski definition) is 2. The highest BCUT2D eigenvalue weighted by Crippen LogP contribution is 1.98. The van der Waals surface area contributed by atoms with Gasteiger partial charge in [0.25, 0.3) is 0 Å². The lowest BCUT2D eigenvalue weighted by molar-refractivity contribution is -0.122. The molecule has 4 nitrogen and oxygen atoms in total. The minimum absolute atomic E-state index is 0.121. The molecule has 0 unspecified atom stereocenters. The van der Waals surface area contributed by atoms with Crippen LogP contribution in [0, 0.1) is 0 Å². The standard InChI is InChI=1S/C9H15N3O/c1-7(10)9(13)11-5-8-3-4-12(2)6-8/h3-4,6-7H,5,10H2,1-2H3,(H,11,13)/t7-/m0/s1. The number of aryl methyl sites for hydroxylation is 1. The molecule has 1 atom stereocenters. The second kappa shape index (κ2) is 4.09. The van der Waals surface area contributed by atoms with E-state index in [-0.39, 0.29) is 5.91 Å². The molecule has 13 heavy (non-hydrogen) atoms. The van der Waals surface area contributed by atoms with Crippen LogP contribution in [0.5, 0.6) is 0 Å². The number of hydrogen-bond acceptors (Lipinski definition) is 2. The lowest BCUT2D eigenvalue weighted by Gasteiger charge is -2.05. The molecule has 3 N–H and O–H groups in total. The quantitative estimate of drug-likeness (QED) is 0.689. The van der Waals surface area contributed by atoms with Crippen LogP contribution in [-0.4, -0.2) is 16.5 Å². The van der Waals surface area contributed by atoms with Gasteiger partial charge in [0, 0.05) is 26.0 Å². The summed E-state index contributed by atoms with van der Waals surface area (Å²) >= 11 is 0. The first kappa shape index (κ1) is 9.80. The molecule has 0 spiro atoms. The van der Waals surface area contributed by atoms with Crippen molar-refractivity contribution in [2.24, 2.45) is 12.8 Å². The Labute approximate surface area is 77.7 Å². The van der Waals surface area contributed by atoms with E-state index in [2.05, 4.69) is 5.32 Å². The minimum Gasteiger partial charge on any atom is -0.357 e. The molecule has 0 fully saturated rings. The largest absolute Gasteiger partial charge is 0.357 e.